The van der Waals surface area contributed by atoms with Crippen molar-refractivity contribution in [3.63, 3.8) is 0 Å². The van der Waals surface area contributed by atoms with Gasteiger partial charge in [0.1, 0.15) is 19.0 Å². The van der Waals surface area contributed by atoms with Gasteiger partial charge in [0, 0.05) is 41.7 Å². The minimum Gasteiger partial charge on any atom is -0.490 e. The molecule has 1 aromatic heterocycles. The highest BCUT2D eigenvalue weighted by Crippen LogP contribution is 2.45. The molecule has 0 radical (unpaired) electrons. The number of nitrogens with one attached hydrogen (secondary N) is 1. The molecule has 36 heavy (non-hydrogen) atoms. The number of carbonyl (C=O) groups excluding carboxylic acids is 2. The number of allylic oxidation sites excluding steroid dienone is 3. The summed E-state index contributed by atoms with van der Waals surface area (Å²) >= 11 is 0. The highest BCUT2D eigenvalue weighted by molar-refractivity contribution is 6.04. The van der Waals surface area contributed by atoms with Crippen molar-refractivity contribution in [2.75, 3.05) is 13.2 Å². The van der Waals surface area contributed by atoms with Crippen molar-refractivity contribution >= 4 is 11.8 Å². The van der Waals surface area contributed by atoms with E-state index in [-0.39, 0.29) is 24.9 Å². The van der Waals surface area contributed by atoms with Gasteiger partial charge in [-0.3, -0.25) is 9.78 Å². The number of nitrogens with zero attached hydrogens (tertiary/aromatic N) is 1. The summed E-state index contributed by atoms with van der Waals surface area (Å²) in [6, 6.07) is 23.2. The van der Waals surface area contributed by atoms with Crippen LogP contribution in [0.1, 0.15) is 42.7 Å². The van der Waals surface area contributed by atoms with Gasteiger partial charge >= 0.3 is 5.97 Å². The maximum absolute atomic E-state index is 13.6. The zero-order chi connectivity index (χ0) is 24.9. The van der Waals surface area contributed by atoms with Crippen LogP contribution in [0.5, 0.6) is 5.75 Å². The molecule has 6 heteroatoms. The number of pyridine rings is 1. The minimum atomic E-state index is -0.504. The molecule has 0 amide bonds. The number of ketones is 1. The normalized spacial score (nSPS) is 19.4. The molecule has 5 rings (SSSR count). The molecule has 0 unspecified atom stereocenters. The van der Waals surface area contributed by atoms with Crippen LogP contribution in [-0.2, 0) is 14.3 Å². The van der Waals surface area contributed by atoms with Crippen molar-refractivity contribution in [1.82, 2.24) is 10.3 Å². The van der Waals surface area contributed by atoms with Gasteiger partial charge in [0.15, 0.2) is 5.78 Å². The van der Waals surface area contributed by atoms with Gasteiger partial charge in [-0.1, -0.05) is 48.5 Å². The molecule has 2 atom stereocenters. The summed E-state index contributed by atoms with van der Waals surface area (Å²) in [6.45, 7) is 2.20. The van der Waals surface area contributed by atoms with Gasteiger partial charge in [-0.05, 0) is 54.7 Å². The monoisotopic (exact) mass is 480 g/mol. The number of rotatable bonds is 7. The number of benzene rings is 2. The predicted octanol–water partition coefficient (Wildman–Crippen LogP) is 5.07. The van der Waals surface area contributed by atoms with E-state index in [9.17, 15) is 9.59 Å². The van der Waals surface area contributed by atoms with Gasteiger partial charge in [-0.15, -0.1) is 0 Å². The molecule has 0 saturated carbocycles. The van der Waals surface area contributed by atoms with Crippen LogP contribution >= 0.6 is 0 Å². The van der Waals surface area contributed by atoms with Crippen LogP contribution in [0.4, 0.5) is 0 Å². The lowest BCUT2D eigenvalue weighted by molar-refractivity contribution is -0.140. The number of dihydropyridines is 1. The van der Waals surface area contributed by atoms with Crippen LogP contribution in [0.25, 0.3) is 0 Å². The Morgan fingerprint density at radius 3 is 2.33 bits per heavy atom. The average Bonchev–Trinajstić information content (AvgIpc) is 2.91. The standard InChI is InChI=1S/C30H28N2O4/c1-20-27(30(34)36-17-16-35-24-10-6-3-7-11-24)28(22-12-14-31-15-13-22)29-25(32-20)18-23(19-26(29)33)21-8-4-2-5-9-21/h2-15,23,28,32H,16-19H2,1H3/t23-,28+/m1/s1. The van der Waals surface area contributed by atoms with Crippen LogP contribution in [0, 0.1) is 0 Å². The number of Topliss-reactive ketones (excluding diaryl/α,β-unsaturated/α-hetero) is 1. The van der Waals surface area contributed by atoms with E-state index in [1.807, 2.05) is 67.6 Å². The third-order valence-electron chi connectivity index (χ3n) is 6.69. The number of para-hydroxylation sites is 1. The lowest BCUT2D eigenvalue weighted by Crippen LogP contribution is -2.36. The maximum atomic E-state index is 13.6. The quantitative estimate of drug-likeness (QED) is 0.376. The molecular formula is C30H28N2O4. The second-order valence-corrected chi connectivity index (χ2v) is 9.01. The van der Waals surface area contributed by atoms with E-state index < -0.39 is 11.9 Å². The lowest BCUT2D eigenvalue weighted by atomic mass is 9.72. The van der Waals surface area contributed by atoms with Crippen molar-refractivity contribution in [3.05, 3.63) is 119 Å². The molecule has 0 saturated heterocycles. The van der Waals surface area contributed by atoms with Gasteiger partial charge in [0.05, 0.1) is 5.57 Å². The van der Waals surface area contributed by atoms with Crippen LogP contribution in [-0.4, -0.2) is 30.0 Å². The van der Waals surface area contributed by atoms with E-state index in [0.717, 1.165) is 16.8 Å². The first-order chi connectivity index (χ1) is 17.6. The van der Waals surface area contributed by atoms with Gasteiger partial charge in [0.2, 0.25) is 0 Å². The lowest BCUT2D eigenvalue weighted by Gasteiger charge is -2.36. The van der Waals surface area contributed by atoms with Gasteiger partial charge in [-0.25, -0.2) is 4.79 Å². The highest BCUT2D eigenvalue weighted by atomic mass is 16.6. The molecule has 1 N–H and O–H groups in total. The van der Waals surface area contributed by atoms with E-state index in [1.165, 1.54) is 0 Å². The molecule has 3 aromatic rings. The summed E-state index contributed by atoms with van der Waals surface area (Å²) in [4.78, 5) is 31.1. The number of carbonyl (C=O) groups is 2. The summed E-state index contributed by atoms with van der Waals surface area (Å²) < 4.78 is 11.3. The molecule has 0 fully saturated rings. The Bertz CT molecular complexity index is 1300. The SMILES string of the molecule is CC1=C(C(=O)OCCOc2ccccc2)[C@H](c2ccncc2)C2=C(C[C@@H](c3ccccc3)CC2=O)N1. The Balaban J connectivity index is 1.39. The van der Waals surface area contributed by atoms with Gasteiger partial charge < -0.3 is 14.8 Å². The smallest absolute Gasteiger partial charge is 0.336 e. The number of ether oxygens (including phenoxy) is 2. The molecule has 6 nitrogen and oxygen atoms in total. The highest BCUT2D eigenvalue weighted by Gasteiger charge is 2.41. The number of hydrogen-bond donors (Lipinski definition) is 1. The third kappa shape index (κ3) is 4.93. The molecule has 182 valence electrons. The van der Waals surface area contributed by atoms with Crippen molar-refractivity contribution in [2.24, 2.45) is 0 Å². The second kappa shape index (κ2) is 10.6. The van der Waals surface area contributed by atoms with Gasteiger partial charge in [0.25, 0.3) is 0 Å². The molecule has 0 spiro atoms. The molecular weight excluding hydrogens is 452 g/mol. The fourth-order valence-corrected chi connectivity index (χ4v) is 5.05. The van der Waals surface area contributed by atoms with Crippen molar-refractivity contribution < 1.29 is 19.1 Å². The molecule has 0 bridgehead atoms. The van der Waals surface area contributed by atoms with Crippen LogP contribution in [0.3, 0.4) is 0 Å². The first-order valence-electron chi connectivity index (χ1n) is 12.2. The number of hydrogen-bond acceptors (Lipinski definition) is 6. The molecule has 1 aliphatic heterocycles. The minimum absolute atomic E-state index is 0.0460. The predicted molar refractivity (Wildman–Crippen MR) is 136 cm³/mol. The zero-order valence-corrected chi connectivity index (χ0v) is 20.1. The number of aromatic nitrogens is 1. The van der Waals surface area contributed by atoms with Crippen LogP contribution < -0.4 is 10.1 Å². The molecule has 2 aromatic carbocycles. The van der Waals surface area contributed by atoms with Crippen molar-refractivity contribution in [3.8, 4) is 5.75 Å². The Morgan fingerprint density at radius 2 is 1.61 bits per heavy atom. The zero-order valence-electron chi connectivity index (χ0n) is 20.1. The summed E-state index contributed by atoms with van der Waals surface area (Å²) in [5.74, 6) is -0.100. The fourth-order valence-electron chi connectivity index (χ4n) is 5.05. The maximum Gasteiger partial charge on any atom is 0.336 e. The second-order valence-electron chi connectivity index (χ2n) is 9.01. The molecule has 2 heterocycles. The topological polar surface area (TPSA) is 77.5 Å². The van der Waals surface area contributed by atoms with E-state index >= 15 is 0 Å². The van der Waals surface area contributed by atoms with E-state index in [4.69, 9.17) is 9.47 Å². The Labute approximate surface area is 210 Å². The summed E-state index contributed by atoms with van der Waals surface area (Å²) in [6.07, 6.45) is 4.48. The van der Waals surface area contributed by atoms with E-state index in [2.05, 4.69) is 22.4 Å². The Hall–Kier alpha value is -4.19. The Morgan fingerprint density at radius 1 is 0.917 bits per heavy atom. The summed E-state index contributed by atoms with van der Waals surface area (Å²) in [7, 11) is 0. The van der Waals surface area contributed by atoms with Crippen LogP contribution in [0.15, 0.2) is 108 Å². The average molecular weight is 481 g/mol. The molecule has 2 aliphatic rings. The molecule has 1 aliphatic carbocycles. The summed E-state index contributed by atoms with van der Waals surface area (Å²) in [5, 5.41) is 3.39. The van der Waals surface area contributed by atoms with E-state index in [1.54, 1.807) is 12.4 Å². The first-order valence-corrected chi connectivity index (χ1v) is 12.2. The third-order valence-corrected chi connectivity index (χ3v) is 6.69. The fraction of sp³-hybridized carbons (Fsp3) is 0.233. The van der Waals surface area contributed by atoms with Crippen molar-refractivity contribution in [2.45, 2.75) is 31.6 Å². The van der Waals surface area contributed by atoms with E-state index in [0.29, 0.717) is 35.4 Å². The largest absolute Gasteiger partial charge is 0.490 e. The first kappa shape index (κ1) is 23.5. The van der Waals surface area contributed by atoms with Crippen LogP contribution in [0.2, 0.25) is 0 Å². The number of esters is 1. The van der Waals surface area contributed by atoms with Gasteiger partial charge in [-0.2, -0.15) is 0 Å². The summed E-state index contributed by atoms with van der Waals surface area (Å²) in [5.41, 5.74) is 4.66. The van der Waals surface area contributed by atoms with Crippen molar-refractivity contribution in [1.29, 1.82) is 0 Å². The Kier molecular flexibility index (Phi) is 6.94.